The minimum atomic E-state index is -0.155. The maximum atomic E-state index is 13.8. The number of piperazine rings is 1. The highest BCUT2D eigenvalue weighted by atomic mass is 127. The first-order valence-corrected chi connectivity index (χ1v) is 7.53. The number of para-hydroxylation sites is 1. The van der Waals surface area contributed by atoms with Crippen LogP contribution in [0.5, 0.6) is 0 Å². The number of hydrogen-bond acceptors (Lipinski definition) is 4. The van der Waals surface area contributed by atoms with E-state index in [9.17, 15) is 4.39 Å². The standard InChI is InChI=1S/C14H14FIN4/c15-11-3-1-2-4-13(11)19-5-7-20(8-6-19)14-12(16)9-17-10-18-14/h1-4,9-10H,5-8H2. The summed E-state index contributed by atoms with van der Waals surface area (Å²) in [4.78, 5) is 12.6. The van der Waals surface area contributed by atoms with E-state index in [-0.39, 0.29) is 5.82 Å². The minimum absolute atomic E-state index is 0.155. The van der Waals surface area contributed by atoms with Crippen LogP contribution in [0.1, 0.15) is 0 Å². The van der Waals surface area contributed by atoms with Gasteiger partial charge >= 0.3 is 0 Å². The SMILES string of the molecule is Fc1ccccc1N1CCN(c2ncncc2I)CC1. The zero-order chi connectivity index (χ0) is 13.9. The van der Waals surface area contributed by atoms with Crippen molar-refractivity contribution in [2.45, 2.75) is 0 Å². The molecule has 0 aliphatic carbocycles. The molecule has 1 saturated heterocycles. The van der Waals surface area contributed by atoms with Crippen LogP contribution in [-0.2, 0) is 0 Å². The zero-order valence-corrected chi connectivity index (χ0v) is 13.0. The molecule has 0 saturated carbocycles. The third kappa shape index (κ3) is 2.70. The van der Waals surface area contributed by atoms with E-state index in [1.54, 1.807) is 12.4 Å². The van der Waals surface area contributed by atoms with Gasteiger partial charge in [-0.1, -0.05) is 12.1 Å². The normalized spacial score (nSPS) is 15.5. The van der Waals surface area contributed by atoms with Crippen LogP contribution >= 0.6 is 22.6 Å². The lowest BCUT2D eigenvalue weighted by atomic mass is 10.2. The Hall–Kier alpha value is -1.44. The number of aromatic nitrogens is 2. The number of halogens is 2. The van der Waals surface area contributed by atoms with Gasteiger partial charge in [0, 0.05) is 32.4 Å². The topological polar surface area (TPSA) is 32.3 Å². The average molecular weight is 384 g/mol. The molecule has 0 spiro atoms. The van der Waals surface area contributed by atoms with Crippen LogP contribution in [0.4, 0.5) is 15.9 Å². The lowest BCUT2D eigenvalue weighted by molar-refractivity contribution is 0.595. The maximum absolute atomic E-state index is 13.8. The molecule has 1 fully saturated rings. The van der Waals surface area contributed by atoms with Gasteiger partial charge in [-0.2, -0.15) is 0 Å². The van der Waals surface area contributed by atoms with Gasteiger partial charge < -0.3 is 9.80 Å². The second kappa shape index (κ2) is 5.90. The van der Waals surface area contributed by atoms with Crippen molar-refractivity contribution in [2.24, 2.45) is 0 Å². The van der Waals surface area contributed by atoms with Crippen LogP contribution in [-0.4, -0.2) is 36.1 Å². The second-order valence-corrected chi connectivity index (χ2v) is 5.78. The van der Waals surface area contributed by atoms with E-state index in [0.29, 0.717) is 5.69 Å². The molecule has 3 rings (SSSR count). The summed E-state index contributed by atoms with van der Waals surface area (Å²) >= 11 is 2.24. The lowest BCUT2D eigenvalue weighted by Gasteiger charge is -2.37. The van der Waals surface area contributed by atoms with E-state index in [1.807, 2.05) is 18.3 Å². The third-order valence-electron chi connectivity index (χ3n) is 3.42. The van der Waals surface area contributed by atoms with Crippen molar-refractivity contribution in [2.75, 3.05) is 36.0 Å². The highest BCUT2D eigenvalue weighted by Crippen LogP contribution is 2.23. The summed E-state index contributed by atoms with van der Waals surface area (Å²) in [5.41, 5.74) is 0.685. The van der Waals surface area contributed by atoms with Crippen molar-refractivity contribution in [3.8, 4) is 0 Å². The first kappa shape index (κ1) is 13.5. The van der Waals surface area contributed by atoms with E-state index < -0.39 is 0 Å². The molecule has 4 nitrogen and oxygen atoms in total. The maximum Gasteiger partial charge on any atom is 0.146 e. The van der Waals surface area contributed by atoms with Gasteiger partial charge in [0.2, 0.25) is 0 Å². The van der Waals surface area contributed by atoms with Gasteiger partial charge in [-0.15, -0.1) is 0 Å². The van der Waals surface area contributed by atoms with Gasteiger partial charge in [-0.25, -0.2) is 14.4 Å². The van der Waals surface area contributed by atoms with Crippen molar-refractivity contribution in [1.82, 2.24) is 9.97 Å². The summed E-state index contributed by atoms with van der Waals surface area (Å²) in [5, 5.41) is 0. The van der Waals surface area contributed by atoms with Crippen molar-refractivity contribution >= 4 is 34.1 Å². The monoisotopic (exact) mass is 384 g/mol. The fourth-order valence-electron chi connectivity index (χ4n) is 2.41. The highest BCUT2D eigenvalue weighted by molar-refractivity contribution is 14.1. The fourth-order valence-corrected chi connectivity index (χ4v) is 3.05. The summed E-state index contributed by atoms with van der Waals surface area (Å²) in [6.45, 7) is 3.25. The highest BCUT2D eigenvalue weighted by Gasteiger charge is 2.21. The van der Waals surface area contributed by atoms with Crippen LogP contribution in [0.3, 0.4) is 0 Å². The molecule has 1 aromatic carbocycles. The predicted octanol–water partition coefficient (Wildman–Crippen LogP) is 2.55. The molecule has 2 aromatic rings. The first-order valence-electron chi connectivity index (χ1n) is 6.45. The van der Waals surface area contributed by atoms with Crippen LogP contribution < -0.4 is 9.80 Å². The van der Waals surface area contributed by atoms with Gasteiger partial charge in [-0.3, -0.25) is 0 Å². The fraction of sp³-hybridized carbons (Fsp3) is 0.286. The molecular weight excluding hydrogens is 370 g/mol. The Morgan fingerprint density at radius 1 is 1.05 bits per heavy atom. The molecule has 0 atom stereocenters. The molecule has 20 heavy (non-hydrogen) atoms. The quantitative estimate of drug-likeness (QED) is 0.746. The second-order valence-electron chi connectivity index (χ2n) is 4.62. The molecule has 1 aliphatic rings. The van der Waals surface area contributed by atoms with E-state index in [4.69, 9.17) is 0 Å². The number of anilines is 2. The van der Waals surface area contributed by atoms with Crippen molar-refractivity contribution in [3.05, 3.63) is 46.2 Å². The zero-order valence-electron chi connectivity index (χ0n) is 10.8. The molecule has 0 N–H and O–H groups in total. The molecule has 2 heterocycles. The van der Waals surface area contributed by atoms with E-state index in [2.05, 4.69) is 42.4 Å². The van der Waals surface area contributed by atoms with Crippen molar-refractivity contribution in [1.29, 1.82) is 0 Å². The Kier molecular flexibility index (Phi) is 4.00. The predicted molar refractivity (Wildman–Crippen MR) is 85.6 cm³/mol. The summed E-state index contributed by atoms with van der Waals surface area (Å²) in [5.74, 6) is 0.811. The van der Waals surface area contributed by atoms with Crippen molar-refractivity contribution in [3.63, 3.8) is 0 Å². The Morgan fingerprint density at radius 2 is 1.75 bits per heavy atom. The molecule has 104 valence electrons. The molecule has 1 aliphatic heterocycles. The number of benzene rings is 1. The van der Waals surface area contributed by atoms with Crippen LogP contribution in [0.25, 0.3) is 0 Å². The third-order valence-corrected chi connectivity index (χ3v) is 4.18. The Bertz CT molecular complexity index is 546. The van der Waals surface area contributed by atoms with Crippen molar-refractivity contribution < 1.29 is 4.39 Å². The molecule has 0 unspecified atom stereocenters. The minimum Gasteiger partial charge on any atom is -0.366 e. The van der Waals surface area contributed by atoms with Gasteiger partial charge in [0.25, 0.3) is 0 Å². The number of hydrogen-bond donors (Lipinski definition) is 0. The van der Waals surface area contributed by atoms with E-state index >= 15 is 0 Å². The summed E-state index contributed by atoms with van der Waals surface area (Å²) < 4.78 is 14.8. The van der Waals surface area contributed by atoms with E-state index in [1.165, 1.54) is 6.07 Å². The molecule has 1 aromatic heterocycles. The van der Waals surface area contributed by atoms with Gasteiger partial charge in [0.15, 0.2) is 0 Å². The Balaban J connectivity index is 1.72. The average Bonchev–Trinajstić information content (AvgIpc) is 2.49. The summed E-state index contributed by atoms with van der Waals surface area (Å²) in [6, 6.07) is 6.94. The molecule has 0 bridgehead atoms. The number of rotatable bonds is 2. The Morgan fingerprint density at radius 3 is 2.45 bits per heavy atom. The van der Waals surface area contributed by atoms with E-state index in [0.717, 1.165) is 35.6 Å². The lowest BCUT2D eigenvalue weighted by Crippen LogP contribution is -2.47. The Labute approximate surface area is 130 Å². The molecule has 0 radical (unpaired) electrons. The van der Waals surface area contributed by atoms with Crippen LogP contribution in [0.2, 0.25) is 0 Å². The van der Waals surface area contributed by atoms with Gasteiger partial charge in [-0.05, 0) is 34.7 Å². The largest absolute Gasteiger partial charge is 0.366 e. The molecule has 6 heteroatoms. The van der Waals surface area contributed by atoms with Crippen LogP contribution in [0, 0.1) is 9.39 Å². The smallest absolute Gasteiger partial charge is 0.146 e. The summed E-state index contributed by atoms with van der Waals surface area (Å²) in [7, 11) is 0. The van der Waals surface area contributed by atoms with Gasteiger partial charge in [0.1, 0.15) is 18.0 Å². The van der Waals surface area contributed by atoms with Crippen LogP contribution in [0.15, 0.2) is 36.8 Å². The van der Waals surface area contributed by atoms with Gasteiger partial charge in [0.05, 0.1) is 9.26 Å². The summed E-state index contributed by atoms with van der Waals surface area (Å²) in [6.07, 6.45) is 3.38. The molecular formula is C14H14FIN4. The molecule has 0 amide bonds. The first-order chi connectivity index (χ1) is 9.75. The number of nitrogens with zero attached hydrogens (tertiary/aromatic N) is 4.